The van der Waals surface area contributed by atoms with Crippen molar-refractivity contribution in [2.75, 3.05) is 0 Å². The van der Waals surface area contributed by atoms with Gasteiger partial charge in [0.25, 0.3) is 0 Å². The lowest BCUT2D eigenvalue weighted by Crippen LogP contribution is -1.91. The molecule has 0 aromatic heterocycles. The van der Waals surface area contributed by atoms with Gasteiger partial charge in [0, 0.05) is 6.08 Å². The molecule has 0 aliphatic rings. The van der Waals surface area contributed by atoms with Crippen LogP contribution in [0.15, 0.2) is 24.3 Å². The van der Waals surface area contributed by atoms with E-state index in [9.17, 15) is 4.79 Å². The highest BCUT2D eigenvalue weighted by molar-refractivity contribution is 5.85. The zero-order chi connectivity index (χ0) is 11.3. The molecule has 0 heterocycles. The first-order chi connectivity index (χ1) is 7.17. The first-order valence-electron chi connectivity index (χ1n) is 5.20. The first-order valence-corrected chi connectivity index (χ1v) is 5.20. The molecule has 15 heavy (non-hydrogen) atoms. The van der Waals surface area contributed by atoms with Crippen molar-refractivity contribution in [1.29, 1.82) is 0 Å². The van der Waals surface area contributed by atoms with Crippen LogP contribution < -0.4 is 0 Å². The molecule has 1 aromatic carbocycles. The van der Waals surface area contributed by atoms with Crippen LogP contribution in [0.2, 0.25) is 0 Å². The molecular weight excluding hydrogens is 188 g/mol. The van der Waals surface area contributed by atoms with Gasteiger partial charge < -0.3 is 5.11 Å². The predicted octanol–water partition coefficient (Wildman–Crippen LogP) is 2.91. The van der Waals surface area contributed by atoms with Gasteiger partial charge in [-0.15, -0.1) is 0 Å². The number of carboxylic acid groups (broad SMARTS) is 1. The van der Waals surface area contributed by atoms with E-state index in [-0.39, 0.29) is 0 Å². The molecule has 0 bridgehead atoms. The monoisotopic (exact) mass is 204 g/mol. The molecule has 80 valence electrons. The standard InChI is InChI=1S/C13H16O2/c1-3-10-5-6-11(4-2)12(9-10)7-8-13(14)15/h5-9H,3-4H2,1-2H3,(H,14,15). The Morgan fingerprint density at radius 1 is 1.33 bits per heavy atom. The van der Waals surface area contributed by atoms with Gasteiger partial charge in [-0.25, -0.2) is 4.79 Å². The Kier molecular flexibility index (Phi) is 4.10. The van der Waals surface area contributed by atoms with Crippen LogP contribution in [-0.4, -0.2) is 11.1 Å². The smallest absolute Gasteiger partial charge is 0.328 e. The van der Waals surface area contributed by atoms with Crippen molar-refractivity contribution < 1.29 is 9.90 Å². The van der Waals surface area contributed by atoms with E-state index in [1.165, 1.54) is 17.2 Å². The Hall–Kier alpha value is -1.57. The molecule has 1 aromatic rings. The lowest BCUT2D eigenvalue weighted by Gasteiger charge is -2.05. The molecule has 0 saturated carbocycles. The number of hydrogen-bond acceptors (Lipinski definition) is 1. The second-order valence-electron chi connectivity index (χ2n) is 3.41. The van der Waals surface area contributed by atoms with E-state index in [0.29, 0.717) is 0 Å². The van der Waals surface area contributed by atoms with Crippen molar-refractivity contribution in [3.63, 3.8) is 0 Å². The van der Waals surface area contributed by atoms with Gasteiger partial charge in [0.1, 0.15) is 0 Å². The van der Waals surface area contributed by atoms with E-state index in [1.54, 1.807) is 6.08 Å². The molecular formula is C13H16O2. The quantitative estimate of drug-likeness (QED) is 0.766. The molecule has 0 aliphatic heterocycles. The largest absolute Gasteiger partial charge is 0.478 e. The van der Waals surface area contributed by atoms with Crippen LogP contribution >= 0.6 is 0 Å². The number of aliphatic carboxylic acids is 1. The third-order valence-electron chi connectivity index (χ3n) is 2.40. The van der Waals surface area contributed by atoms with Crippen LogP contribution in [0.25, 0.3) is 6.08 Å². The maximum absolute atomic E-state index is 10.4. The van der Waals surface area contributed by atoms with Gasteiger partial charge >= 0.3 is 5.97 Å². The summed E-state index contributed by atoms with van der Waals surface area (Å²) in [7, 11) is 0. The number of aryl methyl sites for hydroxylation is 2. The Morgan fingerprint density at radius 3 is 2.60 bits per heavy atom. The fraction of sp³-hybridized carbons (Fsp3) is 0.308. The normalized spacial score (nSPS) is 10.8. The van der Waals surface area contributed by atoms with Crippen LogP contribution in [0, 0.1) is 0 Å². The van der Waals surface area contributed by atoms with Crippen LogP contribution in [0.5, 0.6) is 0 Å². The SMILES string of the molecule is CCc1ccc(CC)c(C=CC(=O)O)c1. The van der Waals surface area contributed by atoms with Crippen molar-refractivity contribution in [2.24, 2.45) is 0 Å². The Labute approximate surface area is 90.3 Å². The lowest BCUT2D eigenvalue weighted by molar-refractivity contribution is -0.131. The highest BCUT2D eigenvalue weighted by Crippen LogP contribution is 2.15. The molecule has 0 radical (unpaired) electrons. The summed E-state index contributed by atoms with van der Waals surface area (Å²) in [6.07, 6.45) is 4.75. The molecule has 2 heteroatoms. The zero-order valence-corrected chi connectivity index (χ0v) is 9.16. The maximum Gasteiger partial charge on any atom is 0.328 e. The molecule has 0 amide bonds. The molecule has 0 aliphatic carbocycles. The molecule has 1 rings (SSSR count). The van der Waals surface area contributed by atoms with E-state index in [2.05, 4.69) is 32.0 Å². The molecule has 2 nitrogen and oxygen atoms in total. The summed E-state index contributed by atoms with van der Waals surface area (Å²) >= 11 is 0. The average Bonchev–Trinajstić information content (AvgIpc) is 2.25. The molecule has 0 fully saturated rings. The summed E-state index contributed by atoms with van der Waals surface area (Å²) in [5.41, 5.74) is 3.43. The van der Waals surface area contributed by atoms with Crippen molar-refractivity contribution >= 4 is 12.0 Å². The van der Waals surface area contributed by atoms with E-state index in [1.807, 2.05) is 0 Å². The third kappa shape index (κ3) is 3.24. The van der Waals surface area contributed by atoms with E-state index >= 15 is 0 Å². The number of carboxylic acids is 1. The lowest BCUT2D eigenvalue weighted by atomic mass is 10.0. The third-order valence-corrected chi connectivity index (χ3v) is 2.40. The number of hydrogen-bond donors (Lipinski definition) is 1. The summed E-state index contributed by atoms with van der Waals surface area (Å²) in [5, 5.41) is 8.58. The van der Waals surface area contributed by atoms with Crippen LogP contribution in [0.3, 0.4) is 0 Å². The Balaban J connectivity index is 3.06. The van der Waals surface area contributed by atoms with E-state index in [0.717, 1.165) is 18.4 Å². The van der Waals surface area contributed by atoms with Crippen molar-refractivity contribution in [1.82, 2.24) is 0 Å². The molecule has 1 N–H and O–H groups in total. The summed E-state index contributed by atoms with van der Waals surface area (Å²) in [6.45, 7) is 4.16. The summed E-state index contributed by atoms with van der Waals surface area (Å²) in [4.78, 5) is 10.4. The zero-order valence-electron chi connectivity index (χ0n) is 9.16. The van der Waals surface area contributed by atoms with Crippen molar-refractivity contribution in [3.05, 3.63) is 41.0 Å². The van der Waals surface area contributed by atoms with Gasteiger partial charge in [-0.3, -0.25) is 0 Å². The Morgan fingerprint density at radius 2 is 2.07 bits per heavy atom. The minimum atomic E-state index is -0.904. The topological polar surface area (TPSA) is 37.3 Å². The van der Waals surface area contributed by atoms with Crippen molar-refractivity contribution in [3.8, 4) is 0 Å². The van der Waals surface area contributed by atoms with Gasteiger partial charge in [-0.05, 0) is 35.6 Å². The van der Waals surface area contributed by atoms with Gasteiger partial charge in [-0.2, -0.15) is 0 Å². The van der Waals surface area contributed by atoms with Gasteiger partial charge in [0.15, 0.2) is 0 Å². The van der Waals surface area contributed by atoms with Gasteiger partial charge in [-0.1, -0.05) is 32.0 Å². The highest BCUT2D eigenvalue weighted by Gasteiger charge is 1.99. The maximum atomic E-state index is 10.4. The highest BCUT2D eigenvalue weighted by atomic mass is 16.4. The van der Waals surface area contributed by atoms with Gasteiger partial charge in [0.05, 0.1) is 0 Å². The number of rotatable bonds is 4. The van der Waals surface area contributed by atoms with E-state index in [4.69, 9.17) is 5.11 Å². The second-order valence-corrected chi connectivity index (χ2v) is 3.41. The van der Waals surface area contributed by atoms with E-state index < -0.39 is 5.97 Å². The Bertz CT molecular complexity index is 378. The summed E-state index contributed by atoms with van der Waals surface area (Å²) < 4.78 is 0. The van der Waals surface area contributed by atoms with Crippen LogP contribution in [-0.2, 0) is 17.6 Å². The van der Waals surface area contributed by atoms with Gasteiger partial charge in [0.2, 0.25) is 0 Å². The minimum Gasteiger partial charge on any atom is -0.478 e. The second kappa shape index (κ2) is 5.35. The molecule has 0 atom stereocenters. The first kappa shape index (κ1) is 11.5. The molecule has 0 spiro atoms. The summed E-state index contributed by atoms with van der Waals surface area (Å²) in [6, 6.07) is 6.22. The number of carbonyl (C=O) groups is 1. The van der Waals surface area contributed by atoms with Crippen molar-refractivity contribution in [2.45, 2.75) is 26.7 Å². The van der Waals surface area contributed by atoms with Crippen LogP contribution in [0.1, 0.15) is 30.5 Å². The fourth-order valence-corrected chi connectivity index (χ4v) is 1.50. The predicted molar refractivity (Wildman–Crippen MR) is 61.9 cm³/mol. The molecule has 0 unspecified atom stereocenters. The fourth-order valence-electron chi connectivity index (χ4n) is 1.50. The number of benzene rings is 1. The van der Waals surface area contributed by atoms with Crippen LogP contribution in [0.4, 0.5) is 0 Å². The average molecular weight is 204 g/mol. The summed E-state index contributed by atoms with van der Waals surface area (Å²) in [5.74, 6) is -0.904. The minimum absolute atomic E-state index is 0.904. The molecule has 0 saturated heterocycles.